The van der Waals surface area contributed by atoms with Gasteiger partial charge in [0.15, 0.2) is 11.0 Å². The van der Waals surface area contributed by atoms with Crippen molar-refractivity contribution in [2.45, 2.75) is 18.3 Å². The van der Waals surface area contributed by atoms with Gasteiger partial charge in [-0.3, -0.25) is 14.3 Å². The van der Waals surface area contributed by atoms with Gasteiger partial charge in [0.1, 0.15) is 0 Å². The SMILES string of the molecule is O=c1ccn(-c2cc([C@H]3C[C@@H]3c3ccccc3)c(Cl)nn2)c(=O)[nH]1. The highest BCUT2D eigenvalue weighted by Gasteiger charge is 2.41. The molecule has 7 heteroatoms. The molecule has 3 aromatic rings. The second kappa shape index (κ2) is 5.72. The van der Waals surface area contributed by atoms with Gasteiger partial charge < -0.3 is 0 Å². The van der Waals surface area contributed by atoms with Crippen LogP contribution in [0, 0.1) is 0 Å². The third-order valence-corrected chi connectivity index (χ3v) is 4.55. The summed E-state index contributed by atoms with van der Waals surface area (Å²) in [7, 11) is 0. The zero-order valence-electron chi connectivity index (χ0n) is 12.5. The van der Waals surface area contributed by atoms with Gasteiger partial charge in [0, 0.05) is 12.3 Å². The molecule has 4 rings (SSSR count). The fourth-order valence-electron chi connectivity index (χ4n) is 2.96. The second-order valence-electron chi connectivity index (χ2n) is 5.79. The Bertz CT molecular complexity index is 1010. The Balaban J connectivity index is 1.71. The summed E-state index contributed by atoms with van der Waals surface area (Å²) in [4.78, 5) is 25.3. The van der Waals surface area contributed by atoms with Crippen molar-refractivity contribution in [3.8, 4) is 5.82 Å². The predicted molar refractivity (Wildman–Crippen MR) is 89.8 cm³/mol. The Morgan fingerprint density at radius 3 is 2.62 bits per heavy atom. The van der Waals surface area contributed by atoms with E-state index in [-0.39, 0.29) is 5.92 Å². The first-order valence-electron chi connectivity index (χ1n) is 7.54. The molecule has 1 fully saturated rings. The quantitative estimate of drug-likeness (QED) is 0.793. The van der Waals surface area contributed by atoms with Gasteiger partial charge in [-0.15, -0.1) is 10.2 Å². The zero-order valence-corrected chi connectivity index (χ0v) is 13.3. The monoisotopic (exact) mass is 340 g/mol. The summed E-state index contributed by atoms with van der Waals surface area (Å²) < 4.78 is 1.24. The molecule has 1 N–H and O–H groups in total. The Labute approximate surface area is 141 Å². The standard InChI is InChI=1S/C17H13ClN4O2/c18-16-13(12-8-11(12)10-4-2-1-3-5-10)9-14(20-21-16)22-7-6-15(23)19-17(22)24/h1-7,9,11-12H,8H2,(H,19,23,24)/t11-,12+/m1/s1. The molecular weight excluding hydrogens is 328 g/mol. The average Bonchev–Trinajstić information content (AvgIpc) is 3.37. The van der Waals surface area contributed by atoms with Crippen molar-refractivity contribution in [1.29, 1.82) is 0 Å². The van der Waals surface area contributed by atoms with Crippen molar-refractivity contribution >= 4 is 11.6 Å². The fourth-order valence-corrected chi connectivity index (χ4v) is 3.20. The lowest BCUT2D eigenvalue weighted by atomic mass is 10.1. The van der Waals surface area contributed by atoms with Gasteiger partial charge in [-0.2, -0.15) is 0 Å². The first-order chi connectivity index (χ1) is 11.6. The largest absolute Gasteiger partial charge is 0.334 e. The third kappa shape index (κ3) is 2.65. The molecule has 0 amide bonds. The molecule has 0 unspecified atom stereocenters. The molecule has 0 spiro atoms. The topological polar surface area (TPSA) is 80.6 Å². The minimum absolute atomic E-state index is 0.257. The Hall–Kier alpha value is -2.73. The molecule has 1 aromatic carbocycles. The first kappa shape index (κ1) is 14.8. The van der Waals surface area contributed by atoms with Gasteiger partial charge in [0.2, 0.25) is 0 Å². The smallest absolute Gasteiger partial charge is 0.274 e. The molecule has 0 aliphatic heterocycles. The number of benzene rings is 1. The van der Waals surface area contributed by atoms with Gasteiger partial charge in [-0.1, -0.05) is 41.9 Å². The second-order valence-corrected chi connectivity index (χ2v) is 6.15. The van der Waals surface area contributed by atoms with Gasteiger partial charge >= 0.3 is 5.69 Å². The number of aromatic nitrogens is 4. The summed E-state index contributed by atoms with van der Waals surface area (Å²) >= 11 is 6.22. The average molecular weight is 341 g/mol. The molecule has 0 saturated heterocycles. The highest BCUT2D eigenvalue weighted by Crippen LogP contribution is 2.55. The summed E-state index contributed by atoms with van der Waals surface area (Å²) in [5.74, 6) is 0.995. The maximum absolute atomic E-state index is 11.9. The molecule has 120 valence electrons. The van der Waals surface area contributed by atoms with Crippen molar-refractivity contribution in [3.63, 3.8) is 0 Å². The normalized spacial score (nSPS) is 19.2. The van der Waals surface area contributed by atoms with Crippen molar-refractivity contribution in [3.05, 3.63) is 85.8 Å². The minimum Gasteiger partial charge on any atom is -0.274 e. The van der Waals surface area contributed by atoms with Crippen LogP contribution < -0.4 is 11.2 Å². The molecule has 1 aliphatic rings. The fraction of sp³-hybridized carbons (Fsp3) is 0.176. The van der Waals surface area contributed by atoms with Crippen LogP contribution in [0.3, 0.4) is 0 Å². The molecule has 6 nitrogen and oxygen atoms in total. The van der Waals surface area contributed by atoms with E-state index in [4.69, 9.17) is 11.6 Å². The lowest BCUT2D eigenvalue weighted by molar-refractivity contribution is 0.824. The number of H-pyrrole nitrogens is 1. The van der Waals surface area contributed by atoms with Crippen LogP contribution in [-0.4, -0.2) is 19.7 Å². The van der Waals surface area contributed by atoms with Crippen molar-refractivity contribution in [2.24, 2.45) is 0 Å². The van der Waals surface area contributed by atoms with Gasteiger partial charge in [-0.05, 0) is 35.4 Å². The van der Waals surface area contributed by atoms with Gasteiger partial charge in [-0.25, -0.2) is 4.79 Å². The van der Waals surface area contributed by atoms with Crippen LogP contribution in [0.4, 0.5) is 0 Å². The Kier molecular flexibility index (Phi) is 3.54. The number of nitrogens with zero attached hydrogens (tertiary/aromatic N) is 3. The zero-order chi connectivity index (χ0) is 16.7. The molecule has 1 saturated carbocycles. The van der Waals surface area contributed by atoms with Gasteiger partial charge in [0.25, 0.3) is 5.56 Å². The molecule has 2 atom stereocenters. The Morgan fingerprint density at radius 1 is 1.08 bits per heavy atom. The maximum atomic E-state index is 11.9. The molecule has 1 aliphatic carbocycles. The van der Waals surface area contributed by atoms with E-state index in [0.717, 1.165) is 12.0 Å². The first-order valence-corrected chi connectivity index (χ1v) is 7.92. The number of hydrogen-bond acceptors (Lipinski definition) is 4. The summed E-state index contributed by atoms with van der Waals surface area (Å²) in [6.45, 7) is 0. The van der Waals surface area contributed by atoms with E-state index in [1.54, 1.807) is 6.07 Å². The van der Waals surface area contributed by atoms with Crippen LogP contribution in [0.1, 0.15) is 29.4 Å². The van der Waals surface area contributed by atoms with E-state index < -0.39 is 11.2 Å². The lowest BCUT2D eigenvalue weighted by Crippen LogP contribution is -2.28. The van der Waals surface area contributed by atoms with E-state index in [9.17, 15) is 9.59 Å². The summed E-state index contributed by atoms with van der Waals surface area (Å²) in [6.07, 6.45) is 2.36. The van der Waals surface area contributed by atoms with Gasteiger partial charge in [0.05, 0.1) is 0 Å². The van der Waals surface area contributed by atoms with Crippen molar-refractivity contribution < 1.29 is 0 Å². The molecule has 2 aromatic heterocycles. The maximum Gasteiger partial charge on any atom is 0.334 e. The number of hydrogen-bond donors (Lipinski definition) is 1. The minimum atomic E-state index is -0.555. The highest BCUT2D eigenvalue weighted by atomic mass is 35.5. The summed E-state index contributed by atoms with van der Waals surface area (Å²) in [5, 5.41) is 8.29. The Morgan fingerprint density at radius 2 is 1.88 bits per heavy atom. The van der Waals surface area contributed by atoms with E-state index in [1.807, 2.05) is 18.2 Å². The predicted octanol–water partition coefficient (Wildman–Crippen LogP) is 2.24. The van der Waals surface area contributed by atoms with E-state index >= 15 is 0 Å². The molecule has 0 bridgehead atoms. The number of rotatable bonds is 3. The van der Waals surface area contributed by atoms with Crippen LogP contribution in [0.15, 0.2) is 58.3 Å². The number of aromatic amines is 1. The van der Waals surface area contributed by atoms with Crippen LogP contribution in [0.2, 0.25) is 5.15 Å². The van der Waals surface area contributed by atoms with Crippen LogP contribution in [0.5, 0.6) is 0 Å². The summed E-state index contributed by atoms with van der Waals surface area (Å²) in [5.41, 5.74) is 1.12. The molecular formula is C17H13ClN4O2. The van der Waals surface area contributed by atoms with E-state index in [2.05, 4.69) is 27.3 Å². The highest BCUT2D eigenvalue weighted by molar-refractivity contribution is 6.30. The summed E-state index contributed by atoms with van der Waals surface area (Å²) in [6, 6.07) is 13.2. The third-order valence-electron chi connectivity index (χ3n) is 4.25. The lowest BCUT2D eigenvalue weighted by Gasteiger charge is -2.07. The van der Waals surface area contributed by atoms with E-state index in [0.29, 0.717) is 16.9 Å². The van der Waals surface area contributed by atoms with Crippen molar-refractivity contribution in [2.75, 3.05) is 0 Å². The van der Waals surface area contributed by atoms with Crippen LogP contribution in [0.25, 0.3) is 5.82 Å². The number of halogens is 1. The molecule has 2 heterocycles. The molecule has 0 radical (unpaired) electrons. The molecule has 24 heavy (non-hydrogen) atoms. The van der Waals surface area contributed by atoms with Crippen LogP contribution >= 0.6 is 11.6 Å². The number of nitrogens with one attached hydrogen (secondary N) is 1. The van der Waals surface area contributed by atoms with Crippen molar-refractivity contribution in [1.82, 2.24) is 19.7 Å². The van der Waals surface area contributed by atoms with E-state index in [1.165, 1.54) is 22.4 Å². The van der Waals surface area contributed by atoms with Crippen LogP contribution in [-0.2, 0) is 0 Å².